The molecule has 0 bridgehead atoms. The molecule has 0 unspecified atom stereocenters. The first-order chi connectivity index (χ1) is 9.76. The van der Waals surface area contributed by atoms with Crippen LogP contribution in [0, 0.1) is 17.1 Å². The van der Waals surface area contributed by atoms with Crippen molar-refractivity contribution in [2.24, 2.45) is 0 Å². The van der Waals surface area contributed by atoms with Gasteiger partial charge in [0.1, 0.15) is 24.2 Å². The Bertz CT molecular complexity index is 677. The number of hydrogen-bond acceptors (Lipinski definition) is 4. The number of fused-ring (bicyclic) bond motifs is 1. The fourth-order valence-electron chi connectivity index (χ4n) is 2.16. The lowest BCUT2D eigenvalue weighted by molar-refractivity contribution is 0.310. The molecule has 0 aliphatic carbocycles. The van der Waals surface area contributed by atoms with Gasteiger partial charge in [0.2, 0.25) is 5.88 Å². The van der Waals surface area contributed by atoms with E-state index >= 15 is 0 Å². The van der Waals surface area contributed by atoms with Crippen LogP contribution < -0.4 is 10.1 Å². The maximum Gasteiger partial charge on any atom is 0.238 e. The second-order valence-corrected chi connectivity index (χ2v) is 4.54. The van der Waals surface area contributed by atoms with Crippen molar-refractivity contribution < 1.29 is 9.13 Å². The highest BCUT2D eigenvalue weighted by atomic mass is 19.1. The Morgan fingerprint density at radius 2 is 2.15 bits per heavy atom. The number of aromatic nitrogens is 1. The van der Waals surface area contributed by atoms with E-state index in [1.165, 1.54) is 12.1 Å². The number of anilines is 1. The molecule has 1 N–H and O–H groups in total. The third-order valence-electron chi connectivity index (χ3n) is 3.14. The average molecular weight is 269 g/mol. The molecule has 1 aromatic heterocycles. The molecule has 0 spiro atoms. The van der Waals surface area contributed by atoms with E-state index in [9.17, 15) is 9.65 Å². The van der Waals surface area contributed by atoms with Crippen LogP contribution in [0.3, 0.4) is 0 Å². The molecule has 1 aliphatic heterocycles. The number of nitriles is 1. The Balaban J connectivity index is 1.96. The van der Waals surface area contributed by atoms with Crippen molar-refractivity contribution in [1.82, 2.24) is 4.98 Å². The quantitative estimate of drug-likeness (QED) is 0.910. The lowest BCUT2D eigenvalue weighted by Gasteiger charge is -2.19. The summed E-state index contributed by atoms with van der Waals surface area (Å²) in [7, 11) is 0. The fraction of sp³-hybridized carbons (Fsp3) is 0.200. The topological polar surface area (TPSA) is 57.9 Å². The normalized spacial score (nSPS) is 12.8. The van der Waals surface area contributed by atoms with E-state index in [1.807, 2.05) is 6.07 Å². The van der Waals surface area contributed by atoms with Gasteiger partial charge in [-0.15, -0.1) is 0 Å². The second-order valence-electron chi connectivity index (χ2n) is 4.54. The molecule has 1 aliphatic rings. The summed E-state index contributed by atoms with van der Waals surface area (Å²) in [6.45, 7) is 1.26. The fourth-order valence-corrected chi connectivity index (χ4v) is 2.16. The zero-order valence-corrected chi connectivity index (χ0v) is 10.7. The molecule has 3 rings (SSSR count). The predicted octanol–water partition coefficient (Wildman–Crippen LogP) is 2.49. The Morgan fingerprint density at radius 1 is 1.35 bits per heavy atom. The molecule has 0 radical (unpaired) electrons. The van der Waals surface area contributed by atoms with Crippen LogP contribution in [-0.4, -0.2) is 18.1 Å². The van der Waals surface area contributed by atoms with Gasteiger partial charge < -0.3 is 10.1 Å². The molecule has 100 valence electrons. The second kappa shape index (κ2) is 5.17. The lowest BCUT2D eigenvalue weighted by Crippen LogP contribution is -2.19. The molecule has 5 heteroatoms. The van der Waals surface area contributed by atoms with Crippen LogP contribution in [0.15, 0.2) is 30.3 Å². The van der Waals surface area contributed by atoms with Crippen LogP contribution >= 0.6 is 0 Å². The van der Waals surface area contributed by atoms with Crippen molar-refractivity contribution >= 4 is 5.69 Å². The van der Waals surface area contributed by atoms with Gasteiger partial charge in [0.05, 0.1) is 5.69 Å². The zero-order valence-electron chi connectivity index (χ0n) is 10.7. The zero-order chi connectivity index (χ0) is 13.9. The number of pyridine rings is 1. The summed E-state index contributed by atoms with van der Waals surface area (Å²) in [6, 6.07) is 10.2. The number of hydrogen-bond donors (Lipinski definition) is 1. The van der Waals surface area contributed by atoms with E-state index in [0.717, 1.165) is 23.4 Å². The van der Waals surface area contributed by atoms with Crippen molar-refractivity contribution in [2.75, 3.05) is 18.5 Å². The van der Waals surface area contributed by atoms with Gasteiger partial charge >= 0.3 is 0 Å². The first-order valence-electron chi connectivity index (χ1n) is 6.31. The summed E-state index contributed by atoms with van der Waals surface area (Å²) in [4.78, 5) is 4.23. The molecule has 0 saturated carbocycles. The van der Waals surface area contributed by atoms with Crippen molar-refractivity contribution in [1.29, 1.82) is 5.26 Å². The van der Waals surface area contributed by atoms with E-state index in [0.29, 0.717) is 24.6 Å². The van der Waals surface area contributed by atoms with E-state index < -0.39 is 0 Å². The highest BCUT2D eigenvalue weighted by Crippen LogP contribution is 2.28. The van der Waals surface area contributed by atoms with Gasteiger partial charge in [-0.1, -0.05) is 12.1 Å². The first kappa shape index (κ1) is 12.4. The molecule has 4 nitrogen and oxygen atoms in total. The molecule has 0 atom stereocenters. The van der Waals surface area contributed by atoms with E-state index in [1.54, 1.807) is 12.1 Å². The molecule has 0 fully saturated rings. The molecule has 1 aromatic carbocycles. The summed E-state index contributed by atoms with van der Waals surface area (Å²) >= 11 is 0. The van der Waals surface area contributed by atoms with E-state index in [-0.39, 0.29) is 5.82 Å². The maximum atomic E-state index is 12.9. The number of rotatable bonds is 2. The van der Waals surface area contributed by atoms with Crippen molar-refractivity contribution in [2.45, 2.75) is 6.42 Å². The number of ether oxygens (including phenoxy) is 1. The molecule has 20 heavy (non-hydrogen) atoms. The Kier molecular flexibility index (Phi) is 3.21. The molecular weight excluding hydrogens is 257 g/mol. The molecule has 0 saturated heterocycles. The first-order valence-corrected chi connectivity index (χ1v) is 6.31. The van der Waals surface area contributed by atoms with Crippen molar-refractivity contribution in [3.05, 3.63) is 53.0 Å². The number of benzene rings is 1. The smallest absolute Gasteiger partial charge is 0.238 e. The number of nitrogens with one attached hydrogen (secondary N) is 1. The van der Waals surface area contributed by atoms with Gasteiger partial charge in [-0.2, -0.15) is 5.26 Å². The summed E-state index contributed by atoms with van der Waals surface area (Å²) < 4.78 is 18.3. The minimum Gasteiger partial charge on any atom is -0.474 e. The SMILES string of the molecule is N#Cc1nc2c(cc1Cc1ccc(F)cc1)NCCO2. The Hall–Kier alpha value is -2.61. The largest absolute Gasteiger partial charge is 0.474 e. The Labute approximate surface area is 115 Å². The van der Waals surface area contributed by atoms with Crippen LogP contribution in [0.4, 0.5) is 10.1 Å². The summed E-state index contributed by atoms with van der Waals surface area (Å²) in [5.41, 5.74) is 2.88. The van der Waals surface area contributed by atoms with Gasteiger partial charge in [0, 0.05) is 13.0 Å². The third kappa shape index (κ3) is 2.41. The van der Waals surface area contributed by atoms with Crippen LogP contribution in [-0.2, 0) is 6.42 Å². The predicted molar refractivity (Wildman–Crippen MR) is 72.1 cm³/mol. The van der Waals surface area contributed by atoms with Crippen LogP contribution in [0.2, 0.25) is 0 Å². The highest BCUT2D eigenvalue weighted by Gasteiger charge is 2.16. The van der Waals surface area contributed by atoms with Crippen LogP contribution in [0.5, 0.6) is 5.88 Å². The Morgan fingerprint density at radius 3 is 2.90 bits per heavy atom. The molecule has 2 heterocycles. The van der Waals surface area contributed by atoms with Gasteiger partial charge in [0.15, 0.2) is 0 Å². The maximum absolute atomic E-state index is 12.9. The van der Waals surface area contributed by atoms with Crippen LogP contribution in [0.25, 0.3) is 0 Å². The van der Waals surface area contributed by atoms with Gasteiger partial charge in [-0.25, -0.2) is 9.37 Å². The minimum absolute atomic E-state index is 0.270. The molecular formula is C15H12FN3O. The monoisotopic (exact) mass is 269 g/mol. The standard InChI is InChI=1S/C15H12FN3O/c16-12-3-1-10(2-4-12)7-11-8-13-15(19-14(11)9-17)20-6-5-18-13/h1-4,8,18H,5-7H2. The van der Waals surface area contributed by atoms with Crippen molar-refractivity contribution in [3.63, 3.8) is 0 Å². The molecule has 2 aromatic rings. The van der Waals surface area contributed by atoms with Crippen molar-refractivity contribution in [3.8, 4) is 11.9 Å². The summed E-state index contributed by atoms with van der Waals surface area (Å²) in [5, 5.41) is 12.4. The number of halogens is 1. The van der Waals surface area contributed by atoms with E-state index in [2.05, 4.69) is 16.4 Å². The molecule has 0 amide bonds. The van der Waals surface area contributed by atoms with E-state index in [4.69, 9.17) is 4.74 Å². The van der Waals surface area contributed by atoms with Crippen LogP contribution in [0.1, 0.15) is 16.8 Å². The lowest BCUT2D eigenvalue weighted by atomic mass is 10.0. The third-order valence-corrected chi connectivity index (χ3v) is 3.14. The summed E-state index contributed by atoms with van der Waals surface area (Å²) in [5.74, 6) is 0.198. The highest BCUT2D eigenvalue weighted by molar-refractivity contribution is 5.58. The minimum atomic E-state index is -0.270. The van der Waals surface area contributed by atoms with Gasteiger partial charge in [0.25, 0.3) is 0 Å². The van der Waals surface area contributed by atoms with Gasteiger partial charge in [-0.3, -0.25) is 0 Å². The summed E-state index contributed by atoms with van der Waals surface area (Å²) in [6.07, 6.45) is 0.533. The van der Waals surface area contributed by atoms with Gasteiger partial charge in [-0.05, 0) is 29.3 Å². The average Bonchev–Trinajstić information content (AvgIpc) is 2.49. The number of nitrogens with zero attached hydrogens (tertiary/aromatic N) is 2.